The fourth-order valence-electron chi connectivity index (χ4n) is 8.37. The molecule has 0 bridgehead atoms. The van der Waals surface area contributed by atoms with E-state index in [9.17, 15) is 19.2 Å². The first-order valence-electron chi connectivity index (χ1n) is 23.4. The van der Waals surface area contributed by atoms with Crippen molar-refractivity contribution < 1.29 is 52.0 Å². The highest BCUT2D eigenvalue weighted by atomic mass is 28.4. The molecule has 14 nitrogen and oxygen atoms in total. The van der Waals surface area contributed by atoms with Gasteiger partial charge in [-0.05, 0) is 110 Å². The smallest absolute Gasteiger partial charge is 0.407 e. The number of alkyl carbamates (subject to hydrolysis) is 1. The van der Waals surface area contributed by atoms with Gasteiger partial charge in [0, 0.05) is 31.4 Å². The second-order valence-corrected chi connectivity index (χ2v) is 23.7. The zero-order valence-electron chi connectivity index (χ0n) is 41.0. The quantitative estimate of drug-likeness (QED) is 0.0694. The van der Waals surface area contributed by atoms with Crippen LogP contribution in [-0.4, -0.2) is 108 Å². The van der Waals surface area contributed by atoms with Gasteiger partial charge < -0.3 is 48.8 Å². The normalized spacial score (nSPS) is 20.5. The number of ether oxygens (including phenoxy) is 6. The van der Waals surface area contributed by atoms with Crippen LogP contribution in [0.25, 0.3) is 11.1 Å². The minimum absolute atomic E-state index is 0.0175. The fraction of sp³-hybridized carbons (Fsp3) is 0.569. The molecular weight excluding hydrogens is 859 g/mol. The van der Waals surface area contributed by atoms with E-state index >= 15 is 0 Å². The largest absolute Gasteiger partial charge is 0.467 e. The van der Waals surface area contributed by atoms with Crippen LogP contribution in [0.2, 0.25) is 18.1 Å². The van der Waals surface area contributed by atoms with Crippen LogP contribution in [0.3, 0.4) is 0 Å². The molecule has 5 rings (SSSR count). The van der Waals surface area contributed by atoms with E-state index in [1.807, 2.05) is 89.2 Å². The van der Waals surface area contributed by atoms with Gasteiger partial charge in [-0.2, -0.15) is 0 Å². The van der Waals surface area contributed by atoms with E-state index in [2.05, 4.69) is 61.9 Å². The molecule has 1 aliphatic carbocycles. The second kappa shape index (κ2) is 23.4. The standard InChI is InChI=1S/C51H73N3O11Si/c1-13-60-43-41(65-46(49(57)59-10)45(62-15-3)44(43)61-14-2)27-25-33-28-35(26-24-34(33)29-64-66(11,12)51(7,8)9)53-47(55)32(6)52-48(56)42(31(4)5)54-50(58)63-30-40-38-22-18-16-20-36(38)37-21-17-19-23-39(37)40/h16-24,26,28,31-32,40-46H,13-15,25,27,29-30H2,1-12H3,(H,52,56)(H,53,55)(H,54,58)/t32-,41-,42-,43-,44+,45-,46?/m0/s1. The minimum atomic E-state index is -2.15. The summed E-state index contributed by atoms with van der Waals surface area (Å²) in [7, 11) is -0.832. The first-order valence-corrected chi connectivity index (χ1v) is 26.3. The van der Waals surface area contributed by atoms with Gasteiger partial charge in [0.1, 0.15) is 37.0 Å². The summed E-state index contributed by atoms with van der Waals surface area (Å²) in [5, 5.41) is 8.49. The number of nitrogens with one attached hydrogen (secondary N) is 3. The van der Waals surface area contributed by atoms with E-state index in [-0.39, 0.29) is 23.5 Å². The Hall–Kier alpha value is -4.64. The van der Waals surface area contributed by atoms with Crippen LogP contribution in [0.15, 0.2) is 66.7 Å². The van der Waals surface area contributed by atoms with Crippen molar-refractivity contribution in [1.29, 1.82) is 0 Å². The SMILES string of the molecule is CCO[C@@H]1[C@@H](OCC)[C@H](OCC)C(C(=O)OC)O[C@H]1CCc1cc(NC(=O)[C@H](C)NC(=O)[C@@H](NC(=O)OCC2c3ccccc3-c3ccccc32)C(C)C)ccc1CO[Si](C)(C)C(C)(C)C. The van der Waals surface area contributed by atoms with Crippen LogP contribution in [0.4, 0.5) is 10.5 Å². The number of aryl methyl sites for hydroxylation is 1. The van der Waals surface area contributed by atoms with Gasteiger partial charge in [0.25, 0.3) is 0 Å². The lowest BCUT2D eigenvalue weighted by Crippen LogP contribution is -2.62. The van der Waals surface area contributed by atoms with Crippen LogP contribution in [0.1, 0.15) is 96.9 Å². The molecule has 3 aromatic rings. The monoisotopic (exact) mass is 932 g/mol. The van der Waals surface area contributed by atoms with Gasteiger partial charge in [0.05, 0.1) is 19.8 Å². The fourth-order valence-corrected chi connectivity index (χ4v) is 9.32. The Labute approximate surface area is 392 Å². The second-order valence-electron chi connectivity index (χ2n) is 18.9. The van der Waals surface area contributed by atoms with Gasteiger partial charge in [-0.25, -0.2) is 9.59 Å². The summed E-state index contributed by atoms with van der Waals surface area (Å²) in [6.45, 7) is 23.4. The van der Waals surface area contributed by atoms with Crippen molar-refractivity contribution in [3.63, 3.8) is 0 Å². The molecule has 0 spiro atoms. The van der Waals surface area contributed by atoms with Crippen molar-refractivity contribution in [2.75, 3.05) is 38.9 Å². The van der Waals surface area contributed by atoms with Gasteiger partial charge >= 0.3 is 12.1 Å². The van der Waals surface area contributed by atoms with E-state index in [0.717, 1.165) is 33.4 Å². The molecule has 7 atom stereocenters. The zero-order valence-corrected chi connectivity index (χ0v) is 42.0. The van der Waals surface area contributed by atoms with E-state index < -0.39 is 74.8 Å². The first-order chi connectivity index (χ1) is 31.3. The summed E-state index contributed by atoms with van der Waals surface area (Å²) in [5.41, 5.74) is 6.77. The molecule has 0 aromatic heterocycles. The third-order valence-corrected chi connectivity index (χ3v) is 17.5. The third kappa shape index (κ3) is 12.7. The minimum Gasteiger partial charge on any atom is -0.467 e. The third-order valence-electron chi connectivity index (χ3n) is 13.0. The highest BCUT2D eigenvalue weighted by molar-refractivity contribution is 6.74. The Bertz CT molecular complexity index is 2080. The summed E-state index contributed by atoms with van der Waals surface area (Å²) in [4.78, 5) is 53.7. The Kier molecular flexibility index (Phi) is 18.5. The molecule has 0 saturated carbocycles. The number of benzene rings is 3. The number of esters is 1. The summed E-state index contributed by atoms with van der Waals surface area (Å²) in [5.74, 6) is -1.96. The van der Waals surface area contributed by atoms with Crippen LogP contribution in [0.5, 0.6) is 0 Å². The average Bonchev–Trinajstić information content (AvgIpc) is 3.60. The number of carbonyl (C=O) groups excluding carboxylic acids is 4. The van der Waals surface area contributed by atoms with E-state index in [1.54, 1.807) is 6.92 Å². The molecule has 0 radical (unpaired) electrons. The zero-order chi connectivity index (χ0) is 48.3. The molecule has 3 amide bonds. The lowest BCUT2D eigenvalue weighted by molar-refractivity contribution is -0.257. The number of amides is 3. The Morgan fingerprint density at radius 3 is 1.92 bits per heavy atom. The van der Waals surface area contributed by atoms with Gasteiger partial charge in [-0.1, -0.05) is 89.2 Å². The van der Waals surface area contributed by atoms with Crippen molar-refractivity contribution in [1.82, 2.24) is 10.6 Å². The molecular formula is C51H73N3O11Si. The number of fused-ring (bicyclic) bond motifs is 3. The molecule has 66 heavy (non-hydrogen) atoms. The van der Waals surface area contributed by atoms with Gasteiger partial charge in [-0.15, -0.1) is 0 Å². The van der Waals surface area contributed by atoms with Crippen molar-refractivity contribution in [2.24, 2.45) is 5.92 Å². The van der Waals surface area contributed by atoms with Crippen LogP contribution in [0, 0.1) is 5.92 Å². The maximum atomic E-state index is 13.7. The van der Waals surface area contributed by atoms with Crippen molar-refractivity contribution in [2.45, 2.75) is 148 Å². The average molecular weight is 932 g/mol. The molecule has 1 saturated heterocycles. The van der Waals surface area contributed by atoms with Crippen LogP contribution >= 0.6 is 0 Å². The predicted octanol–water partition coefficient (Wildman–Crippen LogP) is 8.30. The molecule has 3 aromatic carbocycles. The molecule has 2 aliphatic rings. The first kappa shape index (κ1) is 52.3. The van der Waals surface area contributed by atoms with Crippen LogP contribution in [-0.2, 0) is 60.3 Å². The lowest BCUT2D eigenvalue weighted by Gasteiger charge is -2.45. The van der Waals surface area contributed by atoms with Crippen molar-refractivity contribution in [3.05, 3.63) is 89.0 Å². The molecule has 1 heterocycles. The van der Waals surface area contributed by atoms with Crippen LogP contribution < -0.4 is 16.0 Å². The van der Waals surface area contributed by atoms with Crippen molar-refractivity contribution in [3.8, 4) is 11.1 Å². The number of hydrogen-bond donors (Lipinski definition) is 3. The van der Waals surface area contributed by atoms with Gasteiger partial charge in [0.15, 0.2) is 14.4 Å². The van der Waals surface area contributed by atoms with Crippen molar-refractivity contribution >= 4 is 37.9 Å². The molecule has 3 N–H and O–H groups in total. The molecule has 1 aliphatic heterocycles. The Balaban J connectivity index is 1.29. The summed E-state index contributed by atoms with van der Waals surface area (Å²) in [6, 6.07) is 19.9. The van der Waals surface area contributed by atoms with E-state index in [4.69, 9.17) is 32.8 Å². The highest BCUT2D eigenvalue weighted by Crippen LogP contribution is 2.44. The maximum absolute atomic E-state index is 13.7. The molecule has 1 unspecified atom stereocenters. The lowest BCUT2D eigenvalue weighted by atomic mass is 9.90. The number of methoxy groups -OCH3 is 1. The maximum Gasteiger partial charge on any atom is 0.407 e. The molecule has 15 heteroatoms. The summed E-state index contributed by atoms with van der Waals surface area (Å²) in [6.07, 6.45) is -3.27. The summed E-state index contributed by atoms with van der Waals surface area (Å²) >= 11 is 0. The molecule has 1 fully saturated rings. The molecule has 362 valence electrons. The predicted molar refractivity (Wildman–Crippen MR) is 257 cm³/mol. The Morgan fingerprint density at radius 2 is 1.35 bits per heavy atom. The number of hydrogen-bond acceptors (Lipinski definition) is 11. The topological polar surface area (TPSA) is 169 Å². The van der Waals surface area contributed by atoms with Gasteiger partial charge in [-0.3, -0.25) is 9.59 Å². The highest BCUT2D eigenvalue weighted by Gasteiger charge is 2.51. The van der Waals surface area contributed by atoms with Gasteiger partial charge in [0.2, 0.25) is 11.8 Å². The number of carbonyl (C=O) groups is 4. The summed E-state index contributed by atoms with van der Waals surface area (Å²) < 4.78 is 42.6. The number of anilines is 1. The van der Waals surface area contributed by atoms with E-state index in [1.165, 1.54) is 7.11 Å². The number of rotatable bonds is 21. The Morgan fingerprint density at radius 1 is 0.758 bits per heavy atom. The van der Waals surface area contributed by atoms with E-state index in [0.29, 0.717) is 45.0 Å².